The number of benzene rings is 2. The van der Waals surface area contributed by atoms with Crippen molar-refractivity contribution in [1.82, 2.24) is 0 Å². The summed E-state index contributed by atoms with van der Waals surface area (Å²) in [4.78, 5) is 0. The molecule has 2 aromatic rings. The van der Waals surface area contributed by atoms with E-state index < -0.39 is 0 Å². The van der Waals surface area contributed by atoms with Gasteiger partial charge >= 0.3 is 0 Å². The van der Waals surface area contributed by atoms with Gasteiger partial charge in [-0.05, 0) is 47.1 Å². The van der Waals surface area contributed by atoms with E-state index in [-0.39, 0.29) is 0 Å². The zero-order valence-corrected chi connectivity index (χ0v) is 14.3. The van der Waals surface area contributed by atoms with Crippen molar-refractivity contribution < 1.29 is 0 Å². The van der Waals surface area contributed by atoms with E-state index >= 15 is 0 Å². The first kappa shape index (κ1) is 17.0. The van der Waals surface area contributed by atoms with Crippen LogP contribution in [0, 0.1) is 0 Å². The minimum Gasteiger partial charge on any atom is -0.103 e. The number of hydrogen-bond acceptors (Lipinski definition) is 0. The van der Waals surface area contributed by atoms with E-state index in [0.29, 0.717) is 0 Å². The fourth-order valence-corrected chi connectivity index (χ4v) is 2.98. The zero-order chi connectivity index (χ0) is 16.5. The third-order valence-electron chi connectivity index (χ3n) is 3.99. The molecular formula is C23H26. The Labute approximate surface area is 140 Å². The van der Waals surface area contributed by atoms with Crippen LogP contribution in [0.15, 0.2) is 85.0 Å². The van der Waals surface area contributed by atoms with Gasteiger partial charge in [0, 0.05) is 0 Å². The van der Waals surface area contributed by atoms with Gasteiger partial charge in [-0.15, -0.1) is 6.58 Å². The first-order chi connectivity index (χ1) is 11.3. The SMILES string of the molecule is C=CCC(=C(C(=CCC)CC)c1ccccc1)c1ccccc1. The van der Waals surface area contributed by atoms with Gasteiger partial charge in [-0.3, -0.25) is 0 Å². The van der Waals surface area contributed by atoms with Gasteiger partial charge in [-0.1, -0.05) is 86.7 Å². The molecule has 0 saturated carbocycles. The van der Waals surface area contributed by atoms with Crippen LogP contribution in [-0.2, 0) is 0 Å². The molecule has 0 N–H and O–H groups in total. The number of rotatable bonds is 7. The van der Waals surface area contributed by atoms with Crippen LogP contribution in [0.2, 0.25) is 0 Å². The van der Waals surface area contributed by atoms with E-state index in [1.54, 1.807) is 0 Å². The van der Waals surface area contributed by atoms with E-state index in [9.17, 15) is 0 Å². The fraction of sp³-hybridized carbons (Fsp3) is 0.217. The predicted octanol–water partition coefficient (Wildman–Crippen LogP) is 6.92. The molecule has 2 aromatic carbocycles. The highest BCUT2D eigenvalue weighted by Gasteiger charge is 2.13. The van der Waals surface area contributed by atoms with Crippen molar-refractivity contribution in [1.29, 1.82) is 0 Å². The Hall–Kier alpha value is -2.34. The van der Waals surface area contributed by atoms with Gasteiger partial charge in [0.2, 0.25) is 0 Å². The van der Waals surface area contributed by atoms with Gasteiger partial charge in [0.25, 0.3) is 0 Å². The first-order valence-electron chi connectivity index (χ1n) is 8.46. The Bertz CT molecular complexity index is 672. The molecule has 0 radical (unpaired) electrons. The summed E-state index contributed by atoms with van der Waals surface area (Å²) in [5, 5.41) is 0. The molecule has 0 heteroatoms. The highest BCUT2D eigenvalue weighted by molar-refractivity contribution is 5.98. The van der Waals surface area contributed by atoms with Gasteiger partial charge < -0.3 is 0 Å². The minimum absolute atomic E-state index is 0.870. The molecule has 0 saturated heterocycles. The summed E-state index contributed by atoms with van der Waals surface area (Å²) in [6.45, 7) is 8.42. The van der Waals surface area contributed by atoms with Crippen LogP contribution >= 0.6 is 0 Å². The van der Waals surface area contributed by atoms with Crippen molar-refractivity contribution in [3.05, 3.63) is 96.1 Å². The standard InChI is InChI=1S/C23H26/c1-4-13-19(6-3)23(21-17-11-8-12-18-21)22(14-5-2)20-15-9-7-10-16-20/h5,7-13,15-18H,2,4,6,14H2,1,3H3. The molecule has 0 heterocycles. The summed E-state index contributed by atoms with van der Waals surface area (Å²) in [5.41, 5.74) is 6.70. The normalized spacial score (nSPS) is 12.7. The van der Waals surface area contributed by atoms with Gasteiger partial charge in [0.05, 0.1) is 0 Å². The quantitative estimate of drug-likeness (QED) is 0.296. The van der Waals surface area contributed by atoms with E-state index in [0.717, 1.165) is 19.3 Å². The first-order valence-corrected chi connectivity index (χ1v) is 8.46. The van der Waals surface area contributed by atoms with Gasteiger partial charge in [-0.25, -0.2) is 0 Å². The predicted molar refractivity (Wildman–Crippen MR) is 103 cm³/mol. The van der Waals surface area contributed by atoms with E-state index in [2.05, 4.69) is 87.2 Å². The lowest BCUT2D eigenvalue weighted by molar-refractivity contribution is 1.10. The van der Waals surface area contributed by atoms with Crippen LogP contribution in [0.25, 0.3) is 11.1 Å². The highest BCUT2D eigenvalue weighted by Crippen LogP contribution is 2.36. The second kappa shape index (κ2) is 8.95. The summed E-state index contributed by atoms with van der Waals surface area (Å²) in [6.07, 6.45) is 7.31. The van der Waals surface area contributed by atoms with Crippen molar-refractivity contribution >= 4 is 11.1 Å². The van der Waals surface area contributed by atoms with Gasteiger partial charge in [0.1, 0.15) is 0 Å². The Balaban J connectivity index is 2.74. The van der Waals surface area contributed by atoms with E-state index in [4.69, 9.17) is 0 Å². The van der Waals surface area contributed by atoms with Crippen LogP contribution < -0.4 is 0 Å². The van der Waals surface area contributed by atoms with E-state index in [1.807, 2.05) is 6.08 Å². The maximum atomic E-state index is 3.98. The maximum absolute atomic E-state index is 3.98. The summed E-state index contributed by atoms with van der Waals surface area (Å²) in [7, 11) is 0. The average molecular weight is 302 g/mol. The Morgan fingerprint density at radius 1 is 0.870 bits per heavy atom. The molecule has 23 heavy (non-hydrogen) atoms. The van der Waals surface area contributed by atoms with Crippen LogP contribution in [-0.4, -0.2) is 0 Å². The number of hydrogen-bond donors (Lipinski definition) is 0. The van der Waals surface area contributed by atoms with E-state index in [1.165, 1.54) is 27.8 Å². The topological polar surface area (TPSA) is 0 Å². The van der Waals surface area contributed by atoms with Crippen LogP contribution in [0.4, 0.5) is 0 Å². The van der Waals surface area contributed by atoms with Gasteiger partial charge in [-0.2, -0.15) is 0 Å². The van der Waals surface area contributed by atoms with Crippen LogP contribution in [0.1, 0.15) is 44.2 Å². The van der Waals surface area contributed by atoms with Crippen molar-refractivity contribution in [2.75, 3.05) is 0 Å². The molecule has 0 aliphatic rings. The Kier molecular flexibility index (Phi) is 6.62. The average Bonchev–Trinajstić information content (AvgIpc) is 2.62. The lowest BCUT2D eigenvalue weighted by atomic mass is 9.86. The molecule has 0 fully saturated rings. The largest absolute Gasteiger partial charge is 0.103 e. The molecule has 0 aliphatic heterocycles. The molecule has 0 unspecified atom stereocenters. The summed E-state index contributed by atoms with van der Waals surface area (Å²) >= 11 is 0. The summed E-state index contributed by atoms with van der Waals surface area (Å²) in [6, 6.07) is 21.4. The van der Waals surface area contributed by atoms with Crippen molar-refractivity contribution in [3.8, 4) is 0 Å². The van der Waals surface area contributed by atoms with Crippen molar-refractivity contribution in [2.24, 2.45) is 0 Å². The van der Waals surface area contributed by atoms with Gasteiger partial charge in [0.15, 0.2) is 0 Å². The molecular weight excluding hydrogens is 276 g/mol. The summed E-state index contributed by atoms with van der Waals surface area (Å²) in [5.74, 6) is 0. The third kappa shape index (κ3) is 4.32. The monoisotopic (exact) mass is 302 g/mol. The molecule has 0 bridgehead atoms. The molecule has 0 amide bonds. The Morgan fingerprint density at radius 2 is 1.43 bits per heavy atom. The molecule has 0 aromatic heterocycles. The lowest BCUT2D eigenvalue weighted by Gasteiger charge is -2.18. The molecule has 0 nitrogen and oxygen atoms in total. The van der Waals surface area contributed by atoms with Crippen LogP contribution in [0.3, 0.4) is 0 Å². The minimum atomic E-state index is 0.870. The molecule has 2 rings (SSSR count). The summed E-state index contributed by atoms with van der Waals surface area (Å²) < 4.78 is 0. The second-order valence-electron chi connectivity index (χ2n) is 5.57. The maximum Gasteiger partial charge on any atom is -0.00879 e. The molecule has 0 aliphatic carbocycles. The molecule has 118 valence electrons. The van der Waals surface area contributed by atoms with Crippen molar-refractivity contribution in [2.45, 2.75) is 33.1 Å². The third-order valence-corrected chi connectivity index (χ3v) is 3.99. The molecule has 0 spiro atoms. The smallest absolute Gasteiger partial charge is 0.00879 e. The highest BCUT2D eigenvalue weighted by atomic mass is 14.2. The Morgan fingerprint density at radius 3 is 1.91 bits per heavy atom. The zero-order valence-electron chi connectivity index (χ0n) is 14.3. The number of allylic oxidation sites excluding steroid dienone is 5. The fourth-order valence-electron chi connectivity index (χ4n) is 2.98. The lowest BCUT2D eigenvalue weighted by Crippen LogP contribution is -1.96. The molecule has 0 atom stereocenters. The van der Waals surface area contributed by atoms with Crippen molar-refractivity contribution in [3.63, 3.8) is 0 Å². The van der Waals surface area contributed by atoms with Crippen LogP contribution in [0.5, 0.6) is 0 Å². The second-order valence-corrected chi connectivity index (χ2v) is 5.57.